The zero-order valence-corrected chi connectivity index (χ0v) is 14.2. The Kier molecular flexibility index (Phi) is 4.98. The minimum Gasteiger partial charge on any atom is -0.372 e. The van der Waals surface area contributed by atoms with Crippen LogP contribution in [0.25, 0.3) is 0 Å². The molecule has 1 fully saturated rings. The zero-order chi connectivity index (χ0) is 15.5. The number of morpholine rings is 1. The van der Waals surface area contributed by atoms with E-state index >= 15 is 0 Å². The summed E-state index contributed by atoms with van der Waals surface area (Å²) in [6, 6.07) is -0.0521. The van der Waals surface area contributed by atoms with Gasteiger partial charge in [0.1, 0.15) is 0 Å². The smallest absolute Gasteiger partial charge is 0.323 e. The standard InChI is InChI=1S/C16H25N3O2S/c1-11-9-19(10-12(2)21-11)16(20)18-15-17-13-7-5-3-4-6-8-14(13)22-15/h11-12H,3-10H2,1-2H3,(H,17,18,20)/t11-,12+. The van der Waals surface area contributed by atoms with Crippen LogP contribution in [0, 0.1) is 0 Å². The summed E-state index contributed by atoms with van der Waals surface area (Å²) in [7, 11) is 0. The van der Waals surface area contributed by atoms with Gasteiger partial charge in [-0.3, -0.25) is 5.32 Å². The lowest BCUT2D eigenvalue weighted by Gasteiger charge is -2.34. The molecule has 0 radical (unpaired) electrons. The molecule has 1 aromatic rings. The number of fused-ring (bicyclic) bond motifs is 1. The van der Waals surface area contributed by atoms with Crippen molar-refractivity contribution in [3.8, 4) is 0 Å². The van der Waals surface area contributed by atoms with Gasteiger partial charge in [0.05, 0.1) is 17.9 Å². The van der Waals surface area contributed by atoms with E-state index in [0.29, 0.717) is 13.1 Å². The number of carbonyl (C=O) groups excluding carboxylic acids is 1. The van der Waals surface area contributed by atoms with Crippen molar-refractivity contribution >= 4 is 22.5 Å². The summed E-state index contributed by atoms with van der Waals surface area (Å²) in [4.78, 5) is 20.3. The quantitative estimate of drug-likeness (QED) is 0.861. The Morgan fingerprint density at radius 3 is 2.59 bits per heavy atom. The van der Waals surface area contributed by atoms with E-state index in [2.05, 4.69) is 10.3 Å². The molecule has 1 N–H and O–H groups in total. The summed E-state index contributed by atoms with van der Waals surface area (Å²) in [5, 5.41) is 3.74. The Hall–Kier alpha value is -1.14. The molecule has 2 atom stereocenters. The van der Waals surface area contributed by atoms with Crippen LogP contribution in [0.15, 0.2) is 0 Å². The number of aromatic nitrogens is 1. The largest absolute Gasteiger partial charge is 0.372 e. The van der Waals surface area contributed by atoms with E-state index in [4.69, 9.17) is 4.74 Å². The third-order valence-electron chi connectivity index (χ3n) is 4.27. The molecule has 22 heavy (non-hydrogen) atoms. The van der Waals surface area contributed by atoms with Gasteiger partial charge in [0.15, 0.2) is 5.13 Å². The average molecular weight is 323 g/mol. The molecule has 6 heteroatoms. The minimum absolute atomic E-state index is 0.0521. The molecule has 0 bridgehead atoms. The number of ether oxygens (including phenoxy) is 1. The van der Waals surface area contributed by atoms with Gasteiger partial charge in [-0.25, -0.2) is 9.78 Å². The monoisotopic (exact) mass is 323 g/mol. The lowest BCUT2D eigenvalue weighted by Crippen LogP contribution is -2.49. The highest BCUT2D eigenvalue weighted by Gasteiger charge is 2.26. The summed E-state index contributed by atoms with van der Waals surface area (Å²) < 4.78 is 5.68. The van der Waals surface area contributed by atoms with Gasteiger partial charge in [-0.05, 0) is 39.5 Å². The molecule has 3 rings (SSSR count). The first-order chi connectivity index (χ1) is 10.6. The summed E-state index contributed by atoms with van der Waals surface area (Å²) >= 11 is 1.65. The topological polar surface area (TPSA) is 54.5 Å². The van der Waals surface area contributed by atoms with Crippen molar-refractivity contribution in [3.05, 3.63) is 10.6 Å². The molecule has 2 heterocycles. The molecule has 1 aliphatic carbocycles. The molecule has 2 aliphatic rings. The average Bonchev–Trinajstić information content (AvgIpc) is 2.79. The van der Waals surface area contributed by atoms with Crippen LogP contribution in [0.4, 0.5) is 9.93 Å². The number of aryl methyl sites for hydroxylation is 2. The van der Waals surface area contributed by atoms with Crippen LogP contribution in [-0.2, 0) is 17.6 Å². The highest BCUT2D eigenvalue weighted by atomic mass is 32.1. The number of urea groups is 1. The number of rotatable bonds is 1. The summed E-state index contributed by atoms with van der Waals surface area (Å²) in [5.74, 6) is 0. The summed E-state index contributed by atoms with van der Waals surface area (Å²) in [6.07, 6.45) is 7.38. The second kappa shape index (κ2) is 6.96. The molecule has 1 aromatic heterocycles. The fourth-order valence-electron chi connectivity index (χ4n) is 3.27. The number of anilines is 1. The number of amides is 2. The Morgan fingerprint density at radius 2 is 1.86 bits per heavy atom. The van der Waals surface area contributed by atoms with E-state index in [9.17, 15) is 4.79 Å². The van der Waals surface area contributed by atoms with Gasteiger partial charge >= 0.3 is 6.03 Å². The fraction of sp³-hybridized carbons (Fsp3) is 0.750. The van der Waals surface area contributed by atoms with E-state index in [1.807, 2.05) is 18.7 Å². The van der Waals surface area contributed by atoms with E-state index in [0.717, 1.165) is 18.0 Å². The maximum Gasteiger partial charge on any atom is 0.323 e. The zero-order valence-electron chi connectivity index (χ0n) is 13.4. The first kappa shape index (κ1) is 15.7. The van der Waals surface area contributed by atoms with E-state index in [-0.39, 0.29) is 18.2 Å². The molecule has 0 aromatic carbocycles. The van der Waals surface area contributed by atoms with Crippen LogP contribution < -0.4 is 5.32 Å². The van der Waals surface area contributed by atoms with Gasteiger partial charge in [-0.1, -0.05) is 12.8 Å². The number of hydrogen-bond acceptors (Lipinski definition) is 4. The predicted octanol–water partition coefficient (Wildman–Crippen LogP) is 3.44. The molecule has 1 saturated heterocycles. The number of nitrogens with one attached hydrogen (secondary N) is 1. The molecule has 0 unspecified atom stereocenters. The molecular formula is C16H25N3O2S. The summed E-state index contributed by atoms with van der Waals surface area (Å²) in [6.45, 7) is 5.29. The lowest BCUT2D eigenvalue weighted by atomic mass is 10.0. The Morgan fingerprint density at radius 1 is 1.18 bits per heavy atom. The van der Waals surface area contributed by atoms with Gasteiger partial charge in [0.2, 0.25) is 0 Å². The number of thiazole rings is 1. The van der Waals surface area contributed by atoms with Gasteiger partial charge < -0.3 is 9.64 Å². The van der Waals surface area contributed by atoms with Crippen LogP contribution >= 0.6 is 11.3 Å². The highest BCUT2D eigenvalue weighted by molar-refractivity contribution is 7.15. The molecular weight excluding hydrogens is 298 g/mol. The SMILES string of the molecule is C[C@@H]1CN(C(=O)Nc2nc3c(s2)CCCCCC3)C[C@H](C)O1. The molecule has 0 spiro atoms. The van der Waals surface area contributed by atoms with Crippen LogP contribution in [0.3, 0.4) is 0 Å². The predicted molar refractivity (Wildman–Crippen MR) is 88.6 cm³/mol. The molecule has 1 aliphatic heterocycles. The van der Waals surface area contributed by atoms with Gasteiger partial charge in [-0.15, -0.1) is 11.3 Å². The number of hydrogen-bond donors (Lipinski definition) is 1. The third-order valence-corrected chi connectivity index (χ3v) is 5.34. The summed E-state index contributed by atoms with van der Waals surface area (Å²) in [5.41, 5.74) is 1.20. The Bertz CT molecular complexity index is 496. The van der Waals surface area contributed by atoms with Gasteiger partial charge in [0, 0.05) is 18.0 Å². The van der Waals surface area contributed by atoms with Crippen molar-refractivity contribution in [2.75, 3.05) is 18.4 Å². The van der Waals surface area contributed by atoms with Crippen LogP contribution in [0.2, 0.25) is 0 Å². The first-order valence-electron chi connectivity index (χ1n) is 8.32. The highest BCUT2D eigenvalue weighted by Crippen LogP contribution is 2.28. The van der Waals surface area contributed by atoms with Crippen molar-refractivity contribution in [3.63, 3.8) is 0 Å². The number of carbonyl (C=O) groups is 1. The molecule has 2 amide bonds. The van der Waals surface area contributed by atoms with E-state index < -0.39 is 0 Å². The lowest BCUT2D eigenvalue weighted by molar-refractivity contribution is -0.0530. The van der Waals surface area contributed by atoms with Crippen LogP contribution in [0.5, 0.6) is 0 Å². The van der Waals surface area contributed by atoms with Gasteiger partial charge in [-0.2, -0.15) is 0 Å². The van der Waals surface area contributed by atoms with Crippen molar-refractivity contribution in [2.45, 2.75) is 64.6 Å². The Labute approximate surface area is 136 Å². The Balaban J connectivity index is 1.65. The fourth-order valence-corrected chi connectivity index (χ4v) is 4.31. The molecule has 5 nitrogen and oxygen atoms in total. The van der Waals surface area contributed by atoms with E-state index in [1.54, 1.807) is 11.3 Å². The van der Waals surface area contributed by atoms with Crippen molar-refractivity contribution in [2.24, 2.45) is 0 Å². The van der Waals surface area contributed by atoms with Gasteiger partial charge in [0.25, 0.3) is 0 Å². The third kappa shape index (κ3) is 3.79. The minimum atomic E-state index is -0.0521. The van der Waals surface area contributed by atoms with Crippen molar-refractivity contribution < 1.29 is 9.53 Å². The first-order valence-corrected chi connectivity index (χ1v) is 9.13. The second-order valence-corrected chi connectivity index (χ2v) is 7.48. The van der Waals surface area contributed by atoms with Crippen molar-refractivity contribution in [1.82, 2.24) is 9.88 Å². The second-order valence-electron chi connectivity index (χ2n) is 6.40. The normalized spacial score (nSPS) is 26.0. The maximum atomic E-state index is 12.4. The maximum absolute atomic E-state index is 12.4. The van der Waals surface area contributed by atoms with Crippen LogP contribution in [0.1, 0.15) is 50.1 Å². The number of nitrogens with zero attached hydrogens (tertiary/aromatic N) is 2. The van der Waals surface area contributed by atoms with Crippen molar-refractivity contribution in [1.29, 1.82) is 0 Å². The molecule has 122 valence electrons. The van der Waals surface area contributed by atoms with E-state index in [1.165, 1.54) is 36.3 Å². The van der Waals surface area contributed by atoms with Crippen LogP contribution in [-0.4, -0.2) is 41.2 Å². The molecule has 0 saturated carbocycles.